The molecule has 2 nitrogen and oxygen atoms in total. The molecule has 0 amide bonds. The van der Waals surface area contributed by atoms with Crippen LogP contribution in [0.4, 0.5) is 0 Å². The zero-order valence-electron chi connectivity index (χ0n) is 44.3. The van der Waals surface area contributed by atoms with E-state index in [0.717, 1.165) is 0 Å². The van der Waals surface area contributed by atoms with Crippen LogP contribution in [0.5, 0.6) is 0 Å². The van der Waals surface area contributed by atoms with Gasteiger partial charge in [0.1, 0.15) is 0 Å². The first kappa shape index (κ1) is 59.1. The summed E-state index contributed by atoms with van der Waals surface area (Å²) < 4.78 is 10.5. The molecule has 0 bridgehead atoms. The van der Waals surface area contributed by atoms with E-state index in [2.05, 4.69) is 201 Å². The normalized spacial score (nSPS) is 18.9. The third kappa shape index (κ3) is 17.2. The topological polar surface area (TPSA) is 24.1 Å². The van der Waals surface area contributed by atoms with Gasteiger partial charge in [-0.15, -0.1) is 0 Å². The third-order valence-corrected chi connectivity index (χ3v) is 72.0. The maximum absolute atomic E-state index is 4.61. The van der Waals surface area contributed by atoms with E-state index in [1.54, 1.807) is 31.9 Å². The second-order valence-electron chi connectivity index (χ2n) is 21.6. The summed E-state index contributed by atoms with van der Waals surface area (Å²) in [5.41, 5.74) is 6.12. The van der Waals surface area contributed by atoms with E-state index in [1.807, 2.05) is 0 Å². The minimum atomic E-state index is -2.45. The summed E-state index contributed by atoms with van der Waals surface area (Å²) in [5.74, 6) is -2.72. The van der Waals surface area contributed by atoms with Crippen LogP contribution in [-0.4, -0.2) is 24.1 Å². The van der Waals surface area contributed by atoms with Gasteiger partial charge < -0.3 is 24.8 Å². The molecule has 0 aliphatic heterocycles. The fraction of sp³-hybridized carbons (Fsp3) is 0.394. The first-order valence-corrected chi connectivity index (χ1v) is 52.5. The zero-order valence-corrected chi connectivity index (χ0v) is 55.3. The third-order valence-electron chi connectivity index (χ3n) is 16.4. The number of hydrogen-bond donors (Lipinski definition) is 2. The molecule has 0 aromatic heterocycles. The number of halogens is 2. The molecular formula is C66H84Cl2Hf2N2Si2. The molecule has 4 aliphatic carbocycles. The van der Waals surface area contributed by atoms with Crippen molar-refractivity contribution >= 4 is 44.9 Å². The van der Waals surface area contributed by atoms with Crippen molar-refractivity contribution in [3.8, 4) is 0 Å². The van der Waals surface area contributed by atoms with Crippen LogP contribution in [0.25, 0.3) is 12.2 Å². The largest absolute Gasteiger partial charge is 1.00 e. The van der Waals surface area contributed by atoms with E-state index in [1.165, 1.54) is 152 Å². The van der Waals surface area contributed by atoms with Crippen LogP contribution in [0.2, 0.25) is 0 Å². The summed E-state index contributed by atoms with van der Waals surface area (Å²) >= 11 is -4.91. The molecule has 2 saturated carbocycles. The minimum Gasteiger partial charge on any atom is -1.00 e. The molecule has 2 N–H and O–H groups in total. The molecule has 0 spiro atoms. The molecule has 6 aromatic rings. The Bertz CT molecular complexity index is 2250. The van der Waals surface area contributed by atoms with Gasteiger partial charge in [-0.2, -0.15) is 0 Å². The summed E-state index contributed by atoms with van der Waals surface area (Å²) in [4.78, 5) is 0. The summed E-state index contributed by atoms with van der Waals surface area (Å²) in [6.45, 7) is 0. The van der Waals surface area contributed by atoms with Crippen molar-refractivity contribution < 1.29 is 66.6 Å². The molecule has 0 saturated heterocycles. The van der Waals surface area contributed by atoms with E-state index < -0.39 is 53.8 Å². The molecule has 6 aromatic carbocycles. The predicted molar refractivity (Wildman–Crippen MR) is 310 cm³/mol. The minimum absolute atomic E-state index is 0. The maximum Gasteiger partial charge on any atom is -1.00 e. The fourth-order valence-electron chi connectivity index (χ4n) is 12.5. The van der Waals surface area contributed by atoms with Crippen molar-refractivity contribution in [2.75, 3.05) is 0 Å². The van der Waals surface area contributed by atoms with Crippen LogP contribution in [0.3, 0.4) is 0 Å². The standard InChI is InChI=1S/2C12H24N.2C12H11Si.2C9H7.2ClH.2Hf/c2*13-12-10-8-6-4-2-1-3-5-7-9-11-12;2*1-3-7-11(8-4-1)13-12-9-5-2-6-10-12;2*1-2-5-9-7-3-6-8(9)4-1;;;;/h2*12-13H,1-11H2;2*1-10,13H;2*1-7H;2*1H;;/q2*-1;;;;;;;2*+2/p-2. The second kappa shape index (κ2) is 33.0. The smallest absolute Gasteiger partial charge is 1.00 e. The monoisotopic (exact) mass is 1390 g/mol. The van der Waals surface area contributed by atoms with Crippen molar-refractivity contribution in [1.29, 1.82) is 0 Å². The van der Waals surface area contributed by atoms with E-state index in [-0.39, 0.29) is 24.8 Å². The van der Waals surface area contributed by atoms with Crippen LogP contribution >= 0.6 is 0 Å². The summed E-state index contributed by atoms with van der Waals surface area (Å²) in [6, 6.07) is 66.4. The molecular weight excluding hydrogens is 1300 g/mol. The van der Waals surface area contributed by atoms with Crippen LogP contribution in [0.1, 0.15) is 171 Å². The molecule has 2 atom stereocenters. The van der Waals surface area contributed by atoms with Gasteiger partial charge >= 0.3 is 458 Å². The van der Waals surface area contributed by atoms with Crippen molar-refractivity contribution in [1.82, 2.24) is 6.61 Å². The number of benzene rings is 6. The predicted octanol–water partition coefficient (Wildman–Crippen LogP) is 8.19. The Morgan fingerprint density at radius 2 is 0.541 bits per heavy atom. The Labute approximate surface area is 478 Å². The van der Waals surface area contributed by atoms with Gasteiger partial charge in [-0.25, -0.2) is 0 Å². The van der Waals surface area contributed by atoms with Crippen molar-refractivity contribution in [3.05, 3.63) is 204 Å². The number of nitrogens with one attached hydrogen (secondary N) is 2. The Morgan fingerprint density at radius 1 is 0.297 bits per heavy atom. The SMILES string of the molecule is C1=C[CH]([Hf+]([NH]C2CCCCCCCCCCC2)[SiH](c2ccccc2)c2ccccc2)c2ccccc21.C1=C[CH]([Hf+]([NH]C2CCCCCCCCCCC2)[SiH](c2ccccc2)c2ccccc2)c2ccccc21.[Cl-].[Cl-]. The summed E-state index contributed by atoms with van der Waals surface area (Å²) in [6.07, 6.45) is 41.2. The Kier molecular flexibility index (Phi) is 26.4. The van der Waals surface area contributed by atoms with Gasteiger partial charge in [-0.3, -0.25) is 0 Å². The Morgan fingerprint density at radius 3 is 0.824 bits per heavy atom. The molecule has 0 radical (unpaired) electrons. The Balaban J connectivity index is 0.000000211. The van der Waals surface area contributed by atoms with Crippen LogP contribution in [-0.2, 0) is 41.8 Å². The quantitative estimate of drug-likeness (QED) is 0.121. The average molecular weight is 1390 g/mol. The maximum atomic E-state index is 4.61. The van der Waals surface area contributed by atoms with Crippen molar-refractivity contribution in [3.63, 3.8) is 0 Å². The van der Waals surface area contributed by atoms with Crippen molar-refractivity contribution in [2.45, 2.75) is 161 Å². The van der Waals surface area contributed by atoms with Gasteiger partial charge in [0.25, 0.3) is 0 Å². The molecule has 4 aliphatic rings. The second-order valence-corrected chi connectivity index (χ2v) is 61.7. The average Bonchev–Trinajstić information content (AvgIpc) is 4.06. The Hall–Kier alpha value is -2.53. The van der Waals surface area contributed by atoms with Crippen LogP contribution < -0.4 is 52.2 Å². The van der Waals surface area contributed by atoms with E-state index in [9.17, 15) is 0 Å². The van der Waals surface area contributed by atoms with Crippen LogP contribution in [0.15, 0.2) is 182 Å². The molecule has 2 unspecified atom stereocenters. The fourth-order valence-corrected chi connectivity index (χ4v) is 75.2. The molecule has 0 heterocycles. The van der Waals surface area contributed by atoms with Gasteiger partial charge in [0.15, 0.2) is 0 Å². The number of allylic oxidation sites excluding steroid dienone is 2. The van der Waals surface area contributed by atoms with Crippen LogP contribution in [0, 0.1) is 0 Å². The summed E-state index contributed by atoms with van der Waals surface area (Å²) in [5, 5.41) is 6.57. The van der Waals surface area contributed by atoms with Gasteiger partial charge in [-0.1, -0.05) is 0 Å². The number of rotatable bonds is 12. The van der Waals surface area contributed by atoms with Gasteiger partial charge in [0.05, 0.1) is 0 Å². The zero-order chi connectivity index (χ0) is 48.8. The first-order valence-electron chi connectivity index (χ1n) is 28.8. The summed E-state index contributed by atoms with van der Waals surface area (Å²) in [7, 11) is 0. The first-order chi connectivity index (χ1) is 35.8. The van der Waals surface area contributed by atoms with Gasteiger partial charge in [0.2, 0.25) is 0 Å². The number of fused-ring (bicyclic) bond motifs is 2. The van der Waals surface area contributed by atoms with Gasteiger partial charge in [0, 0.05) is 0 Å². The molecule has 10 rings (SSSR count). The molecule has 388 valence electrons. The molecule has 74 heavy (non-hydrogen) atoms. The van der Waals surface area contributed by atoms with Crippen molar-refractivity contribution in [2.24, 2.45) is 0 Å². The van der Waals surface area contributed by atoms with Gasteiger partial charge in [-0.05, 0) is 0 Å². The molecule has 8 heteroatoms. The molecule has 2 fully saturated rings. The van der Waals surface area contributed by atoms with E-state index >= 15 is 0 Å². The van der Waals surface area contributed by atoms with E-state index in [0.29, 0.717) is 19.4 Å². The van der Waals surface area contributed by atoms with E-state index in [4.69, 9.17) is 0 Å². The number of hydrogen-bond acceptors (Lipinski definition) is 2.